The first-order valence-electron chi connectivity index (χ1n) is 7.15. The van der Waals surface area contributed by atoms with Gasteiger partial charge in [-0.2, -0.15) is 0 Å². The summed E-state index contributed by atoms with van der Waals surface area (Å²) in [7, 11) is 0. The lowest BCUT2D eigenvalue weighted by Gasteiger charge is -2.06. The van der Waals surface area contributed by atoms with Crippen molar-refractivity contribution >= 4 is 11.8 Å². The van der Waals surface area contributed by atoms with Gasteiger partial charge in [0.05, 0.1) is 0 Å². The average molecular weight is 284 g/mol. The van der Waals surface area contributed by atoms with Crippen LogP contribution in [0.2, 0.25) is 0 Å². The molecule has 1 heterocycles. The normalized spacial score (nSPS) is 14.4. The van der Waals surface area contributed by atoms with Gasteiger partial charge in [-0.05, 0) is 48.6 Å². The van der Waals surface area contributed by atoms with E-state index in [1.54, 1.807) is 0 Å². The lowest BCUT2D eigenvalue weighted by atomic mass is 10.2. The molecule has 2 aromatic rings. The highest BCUT2D eigenvalue weighted by molar-refractivity contribution is 7.98. The van der Waals surface area contributed by atoms with Crippen LogP contribution in [-0.2, 0) is 12.3 Å². The Kier molecular flexibility index (Phi) is 4.38. The zero-order valence-electron chi connectivity index (χ0n) is 11.8. The van der Waals surface area contributed by atoms with Gasteiger partial charge < -0.3 is 5.32 Å². The maximum Gasteiger partial charge on any atom is 0.0308 e. The van der Waals surface area contributed by atoms with E-state index in [9.17, 15) is 0 Å². The van der Waals surface area contributed by atoms with Gasteiger partial charge in [-0.3, -0.25) is 4.98 Å². The molecule has 1 aliphatic rings. The van der Waals surface area contributed by atoms with Crippen LogP contribution in [0.5, 0.6) is 0 Å². The first kappa shape index (κ1) is 13.7. The molecule has 20 heavy (non-hydrogen) atoms. The molecule has 0 atom stereocenters. The van der Waals surface area contributed by atoms with Crippen molar-refractivity contribution in [2.45, 2.75) is 43.0 Å². The standard InChI is InChI=1S/C17H20N2S/c1-13-8-15(10-18-9-13)12-20-17-6-2-14(3-7-17)11-19-16-4-5-16/h2-3,6-10,16,19H,4-5,11-12H2,1H3. The highest BCUT2D eigenvalue weighted by atomic mass is 32.2. The van der Waals surface area contributed by atoms with Crippen LogP contribution in [0.4, 0.5) is 0 Å². The Hall–Kier alpha value is -1.32. The fourth-order valence-corrected chi connectivity index (χ4v) is 2.94. The molecule has 0 aliphatic heterocycles. The molecule has 2 nitrogen and oxygen atoms in total. The van der Waals surface area contributed by atoms with Gasteiger partial charge in [0.25, 0.3) is 0 Å². The van der Waals surface area contributed by atoms with Crippen molar-refractivity contribution in [2.75, 3.05) is 0 Å². The quantitative estimate of drug-likeness (QED) is 0.813. The van der Waals surface area contributed by atoms with Gasteiger partial charge in [-0.15, -0.1) is 11.8 Å². The third-order valence-corrected chi connectivity index (χ3v) is 4.52. The molecule has 104 valence electrons. The Morgan fingerprint density at radius 2 is 1.95 bits per heavy atom. The second kappa shape index (κ2) is 6.42. The van der Waals surface area contributed by atoms with Crippen molar-refractivity contribution in [2.24, 2.45) is 0 Å². The number of hydrogen-bond donors (Lipinski definition) is 1. The molecule has 0 saturated heterocycles. The Bertz CT molecular complexity index is 561. The van der Waals surface area contributed by atoms with E-state index in [4.69, 9.17) is 0 Å². The summed E-state index contributed by atoms with van der Waals surface area (Å²) in [4.78, 5) is 5.56. The third-order valence-electron chi connectivity index (χ3n) is 3.43. The number of nitrogens with zero attached hydrogens (tertiary/aromatic N) is 1. The zero-order valence-corrected chi connectivity index (χ0v) is 12.6. The number of benzene rings is 1. The van der Waals surface area contributed by atoms with Crippen LogP contribution in [0.1, 0.15) is 29.5 Å². The Labute approximate surface area is 125 Å². The molecule has 0 unspecified atom stereocenters. The number of pyridine rings is 1. The second-order valence-electron chi connectivity index (χ2n) is 5.46. The highest BCUT2D eigenvalue weighted by Gasteiger charge is 2.19. The second-order valence-corrected chi connectivity index (χ2v) is 6.51. The highest BCUT2D eigenvalue weighted by Crippen LogP contribution is 2.24. The molecule has 1 aromatic carbocycles. The molecular formula is C17H20N2S. The minimum atomic E-state index is 0.776. The van der Waals surface area contributed by atoms with E-state index in [2.05, 4.69) is 47.6 Å². The van der Waals surface area contributed by atoms with Crippen LogP contribution in [0.25, 0.3) is 0 Å². The fourth-order valence-electron chi connectivity index (χ4n) is 2.12. The van der Waals surface area contributed by atoms with E-state index in [1.807, 2.05) is 24.2 Å². The summed E-state index contributed by atoms with van der Waals surface area (Å²) >= 11 is 1.87. The van der Waals surface area contributed by atoms with E-state index in [1.165, 1.54) is 34.4 Å². The largest absolute Gasteiger partial charge is 0.310 e. The minimum absolute atomic E-state index is 0.776. The molecule has 0 spiro atoms. The van der Waals surface area contributed by atoms with Gasteiger partial charge in [0, 0.05) is 35.6 Å². The fraction of sp³-hybridized carbons (Fsp3) is 0.353. The summed E-state index contributed by atoms with van der Waals surface area (Å²) in [6.07, 6.45) is 6.54. The first-order valence-corrected chi connectivity index (χ1v) is 8.14. The summed E-state index contributed by atoms with van der Waals surface area (Å²) < 4.78 is 0. The van der Waals surface area contributed by atoms with Gasteiger partial charge in [-0.1, -0.05) is 18.2 Å². The van der Waals surface area contributed by atoms with E-state index >= 15 is 0 Å². The van der Waals surface area contributed by atoms with Crippen molar-refractivity contribution in [1.29, 1.82) is 0 Å². The molecular weight excluding hydrogens is 264 g/mol. The summed E-state index contributed by atoms with van der Waals surface area (Å²) in [5.41, 5.74) is 3.89. The Morgan fingerprint density at radius 1 is 1.15 bits per heavy atom. The maximum atomic E-state index is 4.24. The van der Waals surface area contributed by atoms with Gasteiger partial charge in [0.15, 0.2) is 0 Å². The lowest BCUT2D eigenvalue weighted by Crippen LogP contribution is -2.14. The molecule has 1 N–H and O–H groups in total. The molecule has 1 saturated carbocycles. The summed E-state index contributed by atoms with van der Waals surface area (Å²) in [6.45, 7) is 3.08. The van der Waals surface area contributed by atoms with Crippen molar-refractivity contribution in [3.05, 3.63) is 59.4 Å². The van der Waals surface area contributed by atoms with Crippen molar-refractivity contribution in [3.8, 4) is 0 Å². The van der Waals surface area contributed by atoms with Crippen LogP contribution < -0.4 is 5.32 Å². The van der Waals surface area contributed by atoms with Gasteiger partial charge >= 0.3 is 0 Å². The number of aromatic nitrogens is 1. The molecule has 3 rings (SSSR count). The minimum Gasteiger partial charge on any atom is -0.310 e. The monoisotopic (exact) mass is 284 g/mol. The zero-order chi connectivity index (χ0) is 13.8. The predicted octanol–water partition coefficient (Wildman–Crippen LogP) is 3.93. The van der Waals surface area contributed by atoms with Gasteiger partial charge in [-0.25, -0.2) is 0 Å². The third kappa shape index (κ3) is 4.09. The first-order chi connectivity index (χ1) is 9.79. The smallest absolute Gasteiger partial charge is 0.0308 e. The Morgan fingerprint density at radius 3 is 2.65 bits per heavy atom. The molecule has 0 radical (unpaired) electrons. The van der Waals surface area contributed by atoms with Crippen molar-refractivity contribution < 1.29 is 0 Å². The molecule has 1 aliphatic carbocycles. The van der Waals surface area contributed by atoms with Crippen LogP contribution in [0, 0.1) is 6.92 Å². The van der Waals surface area contributed by atoms with E-state index in [0.29, 0.717) is 0 Å². The lowest BCUT2D eigenvalue weighted by molar-refractivity contribution is 0.687. The van der Waals surface area contributed by atoms with Crippen LogP contribution in [0.3, 0.4) is 0 Å². The Balaban J connectivity index is 1.52. The summed E-state index contributed by atoms with van der Waals surface area (Å²) in [5.74, 6) is 0.981. The molecule has 1 fully saturated rings. The SMILES string of the molecule is Cc1cncc(CSc2ccc(CNC3CC3)cc2)c1. The van der Waals surface area contributed by atoms with Crippen LogP contribution in [0.15, 0.2) is 47.6 Å². The molecule has 0 bridgehead atoms. The van der Waals surface area contributed by atoms with E-state index in [-0.39, 0.29) is 0 Å². The average Bonchev–Trinajstić information content (AvgIpc) is 3.28. The summed E-state index contributed by atoms with van der Waals surface area (Å²) in [6, 6.07) is 11.9. The van der Waals surface area contributed by atoms with Crippen molar-refractivity contribution in [3.63, 3.8) is 0 Å². The number of hydrogen-bond acceptors (Lipinski definition) is 3. The number of aryl methyl sites for hydroxylation is 1. The number of thioether (sulfide) groups is 1. The van der Waals surface area contributed by atoms with Crippen molar-refractivity contribution in [1.82, 2.24) is 10.3 Å². The van der Waals surface area contributed by atoms with E-state index < -0.39 is 0 Å². The number of nitrogens with one attached hydrogen (secondary N) is 1. The van der Waals surface area contributed by atoms with Gasteiger partial charge in [0.2, 0.25) is 0 Å². The maximum absolute atomic E-state index is 4.24. The predicted molar refractivity (Wildman–Crippen MR) is 84.8 cm³/mol. The van der Waals surface area contributed by atoms with Crippen LogP contribution >= 0.6 is 11.8 Å². The van der Waals surface area contributed by atoms with Crippen LogP contribution in [-0.4, -0.2) is 11.0 Å². The summed E-state index contributed by atoms with van der Waals surface area (Å²) in [5, 5.41) is 3.54. The molecule has 3 heteroatoms. The van der Waals surface area contributed by atoms with E-state index in [0.717, 1.165) is 18.3 Å². The molecule has 0 amide bonds. The number of rotatable bonds is 6. The van der Waals surface area contributed by atoms with Gasteiger partial charge in [0.1, 0.15) is 0 Å². The molecule has 1 aromatic heterocycles. The topological polar surface area (TPSA) is 24.9 Å².